The number of hydrogen-bond donors (Lipinski definition) is 1. The summed E-state index contributed by atoms with van der Waals surface area (Å²) in [6, 6.07) is 0. The van der Waals surface area contributed by atoms with Crippen molar-refractivity contribution in [1.29, 1.82) is 0 Å². The largest absolute Gasteiger partial charge is 0.481 e. The van der Waals surface area contributed by atoms with E-state index < -0.39 is 5.97 Å². The Morgan fingerprint density at radius 2 is 1.95 bits per heavy atom. The van der Waals surface area contributed by atoms with Gasteiger partial charge in [0.1, 0.15) is 5.78 Å². The van der Waals surface area contributed by atoms with Crippen molar-refractivity contribution in [3.63, 3.8) is 0 Å². The molecule has 0 amide bonds. The molecule has 3 nitrogen and oxygen atoms in total. The highest BCUT2D eigenvalue weighted by atomic mass is 16.4. The quantitative estimate of drug-likeness (QED) is 0.442. The van der Waals surface area contributed by atoms with E-state index in [2.05, 4.69) is 19.1 Å². The molecule has 0 radical (unpaired) electrons. The number of ketones is 1. The van der Waals surface area contributed by atoms with Gasteiger partial charge in [-0.15, -0.1) is 0 Å². The first kappa shape index (κ1) is 17.9. The molecule has 1 fully saturated rings. The van der Waals surface area contributed by atoms with Crippen LogP contribution in [-0.4, -0.2) is 16.9 Å². The van der Waals surface area contributed by atoms with Gasteiger partial charge < -0.3 is 5.11 Å². The van der Waals surface area contributed by atoms with Crippen molar-refractivity contribution in [3.8, 4) is 0 Å². The Morgan fingerprint density at radius 1 is 1.24 bits per heavy atom. The number of allylic oxidation sites excluding steroid dienone is 2. The van der Waals surface area contributed by atoms with Gasteiger partial charge in [0.25, 0.3) is 0 Å². The summed E-state index contributed by atoms with van der Waals surface area (Å²) in [5.74, 6) is 0.447. The van der Waals surface area contributed by atoms with Crippen molar-refractivity contribution in [2.45, 2.75) is 77.6 Å². The smallest absolute Gasteiger partial charge is 0.303 e. The third-order valence-electron chi connectivity index (χ3n) is 4.41. The second kappa shape index (κ2) is 10.6. The highest BCUT2D eigenvalue weighted by Crippen LogP contribution is 2.34. The summed E-state index contributed by atoms with van der Waals surface area (Å²) in [6.07, 6.45) is 15.0. The predicted octanol–water partition coefficient (Wildman–Crippen LogP) is 4.75. The van der Waals surface area contributed by atoms with Crippen LogP contribution in [-0.2, 0) is 9.59 Å². The second-order valence-electron chi connectivity index (χ2n) is 6.21. The summed E-state index contributed by atoms with van der Waals surface area (Å²) in [5.41, 5.74) is 0. The van der Waals surface area contributed by atoms with Crippen LogP contribution in [0.25, 0.3) is 0 Å². The van der Waals surface area contributed by atoms with Gasteiger partial charge >= 0.3 is 5.97 Å². The summed E-state index contributed by atoms with van der Waals surface area (Å²) in [4.78, 5) is 22.3. The van der Waals surface area contributed by atoms with Crippen LogP contribution in [0.5, 0.6) is 0 Å². The Bertz CT molecular complexity index is 346. The van der Waals surface area contributed by atoms with Gasteiger partial charge in [0, 0.05) is 18.8 Å². The molecular formula is C18H30O3. The summed E-state index contributed by atoms with van der Waals surface area (Å²) < 4.78 is 0. The number of carbonyl (C=O) groups excluding carboxylic acids is 1. The lowest BCUT2D eigenvalue weighted by atomic mass is 9.89. The molecule has 0 saturated heterocycles. The van der Waals surface area contributed by atoms with Gasteiger partial charge in [0.15, 0.2) is 0 Å². The molecule has 0 aliphatic heterocycles. The third kappa shape index (κ3) is 7.45. The minimum atomic E-state index is -0.693. The van der Waals surface area contributed by atoms with Crippen molar-refractivity contribution in [2.24, 2.45) is 11.8 Å². The Labute approximate surface area is 128 Å². The van der Waals surface area contributed by atoms with E-state index >= 15 is 0 Å². The minimum absolute atomic E-state index is 0.170. The van der Waals surface area contributed by atoms with Gasteiger partial charge in [-0.25, -0.2) is 0 Å². The van der Waals surface area contributed by atoms with E-state index in [1.807, 2.05) is 0 Å². The molecule has 1 rings (SSSR count). The highest BCUT2D eigenvalue weighted by molar-refractivity contribution is 5.85. The molecule has 21 heavy (non-hydrogen) atoms. The predicted molar refractivity (Wildman–Crippen MR) is 85.2 cm³/mol. The number of unbranched alkanes of at least 4 members (excludes halogenated alkanes) is 5. The molecule has 1 N–H and O–H groups in total. The highest BCUT2D eigenvalue weighted by Gasteiger charge is 2.31. The molecule has 1 saturated carbocycles. The molecule has 2 unspecified atom stereocenters. The lowest BCUT2D eigenvalue weighted by Gasteiger charge is -2.14. The molecular weight excluding hydrogens is 264 g/mol. The second-order valence-corrected chi connectivity index (χ2v) is 6.21. The molecule has 3 heteroatoms. The molecule has 0 aromatic carbocycles. The van der Waals surface area contributed by atoms with Crippen molar-refractivity contribution >= 4 is 11.8 Å². The Kier molecular flexibility index (Phi) is 9.04. The number of aliphatic carboxylic acids is 1. The molecule has 0 aromatic heterocycles. The Hall–Kier alpha value is -1.12. The molecule has 0 heterocycles. The fraction of sp³-hybridized carbons (Fsp3) is 0.778. The number of hydrogen-bond acceptors (Lipinski definition) is 2. The van der Waals surface area contributed by atoms with Crippen molar-refractivity contribution in [2.75, 3.05) is 0 Å². The first-order valence-corrected chi connectivity index (χ1v) is 8.56. The zero-order valence-electron chi connectivity index (χ0n) is 13.4. The average molecular weight is 294 g/mol. The number of carbonyl (C=O) groups is 2. The lowest BCUT2D eigenvalue weighted by molar-refractivity contribution is -0.137. The number of carboxylic acid groups (broad SMARTS) is 1. The first-order valence-electron chi connectivity index (χ1n) is 8.56. The fourth-order valence-corrected chi connectivity index (χ4v) is 3.15. The number of Topliss-reactive ketones (excluding diaryl/α,β-unsaturated/α-hetero) is 1. The van der Waals surface area contributed by atoms with Crippen LogP contribution in [0.1, 0.15) is 77.6 Å². The minimum Gasteiger partial charge on any atom is -0.481 e. The summed E-state index contributed by atoms with van der Waals surface area (Å²) >= 11 is 0. The zero-order valence-corrected chi connectivity index (χ0v) is 13.4. The van der Waals surface area contributed by atoms with E-state index in [4.69, 9.17) is 5.11 Å². The molecule has 0 spiro atoms. The van der Waals surface area contributed by atoms with E-state index in [0.717, 1.165) is 57.8 Å². The van der Waals surface area contributed by atoms with Gasteiger partial charge in [0.2, 0.25) is 0 Å². The average Bonchev–Trinajstić information content (AvgIpc) is 2.79. The van der Waals surface area contributed by atoms with Crippen molar-refractivity contribution in [1.82, 2.24) is 0 Å². The van der Waals surface area contributed by atoms with Gasteiger partial charge in [-0.05, 0) is 31.6 Å². The fourth-order valence-electron chi connectivity index (χ4n) is 3.15. The van der Waals surface area contributed by atoms with E-state index in [1.54, 1.807) is 0 Å². The summed E-state index contributed by atoms with van der Waals surface area (Å²) in [5, 5.41) is 8.56. The zero-order chi connectivity index (χ0) is 15.5. The SMILES string of the molecule is CCC/C=C\C1C(=O)CCC1CCCCCCCC(=O)O. The maximum Gasteiger partial charge on any atom is 0.303 e. The molecule has 1 aliphatic carbocycles. The van der Waals surface area contributed by atoms with Crippen LogP contribution >= 0.6 is 0 Å². The van der Waals surface area contributed by atoms with Crippen LogP contribution in [0.4, 0.5) is 0 Å². The first-order chi connectivity index (χ1) is 10.1. The van der Waals surface area contributed by atoms with Crippen LogP contribution in [0.3, 0.4) is 0 Å². The third-order valence-corrected chi connectivity index (χ3v) is 4.41. The van der Waals surface area contributed by atoms with Crippen molar-refractivity contribution in [3.05, 3.63) is 12.2 Å². The van der Waals surface area contributed by atoms with Crippen LogP contribution < -0.4 is 0 Å². The molecule has 0 aromatic rings. The normalized spacial score (nSPS) is 22.2. The van der Waals surface area contributed by atoms with Gasteiger partial charge in [-0.2, -0.15) is 0 Å². The molecule has 0 bridgehead atoms. The van der Waals surface area contributed by atoms with E-state index in [0.29, 0.717) is 18.1 Å². The standard InChI is InChI=1S/C18H30O3/c1-2-3-7-11-16-15(13-14-17(16)19)10-8-5-4-6-9-12-18(20)21/h7,11,15-16H,2-6,8-10,12-14H2,1H3,(H,20,21)/b11-7-. The molecule has 1 aliphatic rings. The molecule has 120 valence electrons. The topological polar surface area (TPSA) is 54.4 Å². The van der Waals surface area contributed by atoms with E-state index in [9.17, 15) is 9.59 Å². The monoisotopic (exact) mass is 294 g/mol. The number of carboxylic acids is 1. The van der Waals surface area contributed by atoms with E-state index in [1.165, 1.54) is 6.42 Å². The maximum absolute atomic E-state index is 11.9. The van der Waals surface area contributed by atoms with Crippen LogP contribution in [0.2, 0.25) is 0 Å². The lowest BCUT2D eigenvalue weighted by Crippen LogP contribution is -2.12. The molecule has 2 atom stereocenters. The van der Waals surface area contributed by atoms with E-state index in [-0.39, 0.29) is 5.92 Å². The van der Waals surface area contributed by atoms with Gasteiger partial charge in [0.05, 0.1) is 0 Å². The Balaban J connectivity index is 2.15. The van der Waals surface area contributed by atoms with Crippen LogP contribution in [0, 0.1) is 11.8 Å². The summed E-state index contributed by atoms with van der Waals surface area (Å²) in [6.45, 7) is 2.16. The van der Waals surface area contributed by atoms with Gasteiger partial charge in [-0.1, -0.05) is 51.2 Å². The Morgan fingerprint density at radius 3 is 2.67 bits per heavy atom. The van der Waals surface area contributed by atoms with Gasteiger partial charge in [-0.3, -0.25) is 9.59 Å². The van der Waals surface area contributed by atoms with Crippen molar-refractivity contribution < 1.29 is 14.7 Å². The number of rotatable bonds is 11. The van der Waals surface area contributed by atoms with Crippen LogP contribution in [0.15, 0.2) is 12.2 Å². The maximum atomic E-state index is 11.9. The summed E-state index contributed by atoms with van der Waals surface area (Å²) in [7, 11) is 0.